The number of nitrogens with one attached hydrogen (secondary N) is 2. The number of hydrogen-bond acceptors (Lipinski definition) is 3. The van der Waals surface area contributed by atoms with Gasteiger partial charge in [0.05, 0.1) is 11.4 Å². The second-order valence-corrected chi connectivity index (χ2v) is 8.86. The minimum Gasteiger partial charge on any atom is -0.313 e. The molecule has 0 amide bonds. The summed E-state index contributed by atoms with van der Waals surface area (Å²) in [5.41, 5.74) is 0.523. The van der Waals surface area contributed by atoms with Crippen LogP contribution in [0.3, 0.4) is 0 Å². The third-order valence-corrected chi connectivity index (χ3v) is 5.61. The molecule has 1 aromatic carbocycles. The van der Waals surface area contributed by atoms with Crippen LogP contribution in [-0.2, 0) is 10.0 Å². The van der Waals surface area contributed by atoms with Gasteiger partial charge in [0.25, 0.3) is 0 Å². The van der Waals surface area contributed by atoms with Crippen molar-refractivity contribution < 1.29 is 8.42 Å². The van der Waals surface area contributed by atoms with Crippen LogP contribution < -0.4 is 10.0 Å². The molecule has 1 fully saturated rings. The highest BCUT2D eigenvalue weighted by molar-refractivity contribution is 9.11. The Morgan fingerprint density at radius 3 is 2.26 bits per heavy atom. The lowest BCUT2D eigenvalue weighted by Crippen LogP contribution is -2.28. The van der Waals surface area contributed by atoms with Crippen LogP contribution in [0.2, 0.25) is 0 Å². The summed E-state index contributed by atoms with van der Waals surface area (Å²) in [7, 11) is -3.35. The fraction of sp³-hybridized carbons (Fsp3) is 0.455. The molecule has 0 radical (unpaired) electrons. The van der Waals surface area contributed by atoms with Gasteiger partial charge in [0.1, 0.15) is 0 Å². The van der Waals surface area contributed by atoms with E-state index in [1.807, 2.05) is 0 Å². The van der Waals surface area contributed by atoms with Crippen LogP contribution in [0.5, 0.6) is 0 Å². The van der Waals surface area contributed by atoms with Gasteiger partial charge in [0, 0.05) is 26.0 Å². The Kier molecular flexibility index (Phi) is 5.33. The van der Waals surface area contributed by atoms with Gasteiger partial charge in [0.2, 0.25) is 10.0 Å². The summed E-state index contributed by atoms with van der Waals surface area (Å²) in [5.74, 6) is 0.0679. The van der Waals surface area contributed by atoms with Gasteiger partial charge < -0.3 is 5.32 Å². The first-order chi connectivity index (χ1) is 8.87. The highest BCUT2D eigenvalue weighted by atomic mass is 79.9. The van der Waals surface area contributed by atoms with Crippen LogP contribution in [0.25, 0.3) is 0 Å². The van der Waals surface area contributed by atoms with Gasteiger partial charge >= 0.3 is 0 Å². The number of hydrogen-bond donors (Lipinski definition) is 2. The normalized spacial score (nSPS) is 15.5. The van der Waals surface area contributed by atoms with Crippen molar-refractivity contribution in [1.29, 1.82) is 0 Å². The molecule has 0 spiro atoms. The molecular formula is C11H13Br3N2O2S. The van der Waals surface area contributed by atoms with Crippen molar-refractivity contribution in [1.82, 2.24) is 5.32 Å². The lowest BCUT2D eigenvalue weighted by atomic mass is 10.3. The van der Waals surface area contributed by atoms with Crippen LogP contribution in [0.15, 0.2) is 25.6 Å². The fourth-order valence-electron chi connectivity index (χ4n) is 1.53. The van der Waals surface area contributed by atoms with E-state index in [2.05, 4.69) is 57.8 Å². The van der Waals surface area contributed by atoms with Crippen LogP contribution in [-0.4, -0.2) is 26.8 Å². The smallest absolute Gasteiger partial charge is 0.234 e. The highest BCUT2D eigenvalue weighted by Crippen LogP contribution is 2.34. The summed E-state index contributed by atoms with van der Waals surface area (Å²) in [6.07, 6.45) is 2.30. The second kappa shape index (κ2) is 6.43. The van der Waals surface area contributed by atoms with Crippen molar-refractivity contribution in [2.24, 2.45) is 0 Å². The lowest BCUT2D eigenvalue weighted by molar-refractivity contribution is 0.595. The zero-order valence-corrected chi connectivity index (χ0v) is 15.5. The molecule has 0 aliphatic heterocycles. The van der Waals surface area contributed by atoms with Crippen molar-refractivity contribution in [3.05, 3.63) is 25.6 Å². The van der Waals surface area contributed by atoms with Gasteiger partial charge in [0.15, 0.2) is 0 Å². The molecular weight excluding hydrogens is 464 g/mol. The van der Waals surface area contributed by atoms with Gasteiger partial charge in [-0.15, -0.1) is 0 Å². The van der Waals surface area contributed by atoms with Gasteiger partial charge in [-0.3, -0.25) is 4.72 Å². The topological polar surface area (TPSA) is 58.2 Å². The summed E-state index contributed by atoms with van der Waals surface area (Å²) in [6, 6.07) is 4.11. The van der Waals surface area contributed by atoms with E-state index < -0.39 is 10.0 Å². The minimum absolute atomic E-state index is 0.0679. The third kappa shape index (κ3) is 5.00. The number of rotatable bonds is 6. The molecule has 0 atom stereocenters. The summed E-state index contributed by atoms with van der Waals surface area (Å²) in [6.45, 7) is 0.478. The zero-order chi connectivity index (χ0) is 14.0. The molecule has 2 N–H and O–H groups in total. The molecule has 0 saturated heterocycles. The Hall–Kier alpha value is 0.370. The molecule has 1 aliphatic rings. The van der Waals surface area contributed by atoms with Gasteiger partial charge in [-0.05, 0) is 56.8 Å². The Morgan fingerprint density at radius 2 is 1.74 bits per heavy atom. The van der Waals surface area contributed by atoms with Crippen molar-refractivity contribution in [3.63, 3.8) is 0 Å². The fourth-order valence-corrected chi connectivity index (χ4v) is 5.27. The minimum atomic E-state index is -3.35. The lowest BCUT2D eigenvalue weighted by Gasteiger charge is -2.12. The zero-order valence-electron chi connectivity index (χ0n) is 9.92. The quantitative estimate of drug-likeness (QED) is 0.661. The first-order valence-corrected chi connectivity index (χ1v) is 9.79. The maximum Gasteiger partial charge on any atom is 0.234 e. The standard InChI is InChI=1S/C11H13Br3N2O2S/c12-7-5-9(13)11(10(14)6-7)16-19(17,18)4-3-15-8-1-2-8/h5-6,8,15-16H,1-4H2. The number of anilines is 1. The Morgan fingerprint density at radius 1 is 1.16 bits per heavy atom. The highest BCUT2D eigenvalue weighted by Gasteiger charge is 2.21. The molecule has 106 valence electrons. The molecule has 0 unspecified atom stereocenters. The Bertz CT molecular complexity index is 550. The van der Waals surface area contributed by atoms with E-state index in [-0.39, 0.29) is 5.75 Å². The number of halogens is 3. The van der Waals surface area contributed by atoms with E-state index in [9.17, 15) is 8.42 Å². The molecule has 1 aromatic rings. The van der Waals surface area contributed by atoms with Gasteiger partial charge in [-0.25, -0.2) is 8.42 Å². The monoisotopic (exact) mass is 474 g/mol. The largest absolute Gasteiger partial charge is 0.313 e. The third-order valence-electron chi connectivity index (χ3n) is 2.65. The van der Waals surface area contributed by atoms with Crippen molar-refractivity contribution in [2.75, 3.05) is 17.0 Å². The van der Waals surface area contributed by atoms with Crippen LogP contribution in [0.1, 0.15) is 12.8 Å². The Labute approximate surface area is 138 Å². The average molecular weight is 477 g/mol. The van der Waals surface area contributed by atoms with Crippen molar-refractivity contribution in [2.45, 2.75) is 18.9 Å². The molecule has 19 heavy (non-hydrogen) atoms. The summed E-state index contributed by atoms with van der Waals surface area (Å²) in [5, 5.41) is 3.19. The van der Waals surface area contributed by atoms with E-state index in [0.29, 0.717) is 27.2 Å². The SMILES string of the molecule is O=S(=O)(CCNC1CC1)Nc1c(Br)cc(Br)cc1Br. The molecule has 0 heterocycles. The molecule has 4 nitrogen and oxygen atoms in total. The number of sulfonamides is 1. The van der Waals surface area contributed by atoms with Crippen LogP contribution >= 0.6 is 47.8 Å². The van der Waals surface area contributed by atoms with Crippen LogP contribution in [0.4, 0.5) is 5.69 Å². The van der Waals surface area contributed by atoms with E-state index in [1.165, 1.54) is 0 Å². The van der Waals surface area contributed by atoms with Crippen LogP contribution in [0, 0.1) is 0 Å². The van der Waals surface area contributed by atoms with Crippen molar-refractivity contribution >= 4 is 63.5 Å². The molecule has 1 saturated carbocycles. The summed E-state index contributed by atoms with van der Waals surface area (Å²) in [4.78, 5) is 0. The van der Waals surface area contributed by atoms with E-state index >= 15 is 0 Å². The molecule has 0 bridgehead atoms. The Balaban J connectivity index is 2.02. The predicted molar refractivity (Wildman–Crippen MR) is 88.0 cm³/mol. The average Bonchev–Trinajstić information content (AvgIpc) is 3.07. The molecule has 0 aromatic heterocycles. The van der Waals surface area contributed by atoms with Crippen molar-refractivity contribution in [3.8, 4) is 0 Å². The molecule has 2 rings (SSSR count). The first kappa shape index (κ1) is 15.8. The van der Waals surface area contributed by atoms with Gasteiger partial charge in [-0.1, -0.05) is 15.9 Å². The summed E-state index contributed by atoms with van der Waals surface area (Å²) >= 11 is 10.0. The molecule has 8 heteroatoms. The number of benzene rings is 1. The maximum atomic E-state index is 12.0. The van der Waals surface area contributed by atoms with E-state index in [4.69, 9.17) is 0 Å². The maximum absolute atomic E-state index is 12.0. The summed E-state index contributed by atoms with van der Waals surface area (Å²) < 4.78 is 28.8. The van der Waals surface area contributed by atoms with E-state index in [0.717, 1.165) is 17.3 Å². The first-order valence-electron chi connectivity index (χ1n) is 5.76. The van der Waals surface area contributed by atoms with Gasteiger partial charge in [-0.2, -0.15) is 0 Å². The second-order valence-electron chi connectivity index (χ2n) is 4.39. The molecule has 1 aliphatic carbocycles. The van der Waals surface area contributed by atoms with E-state index in [1.54, 1.807) is 12.1 Å². The predicted octanol–water partition coefficient (Wildman–Crippen LogP) is 3.47.